The quantitative estimate of drug-likeness (QED) is 0.797. The highest BCUT2D eigenvalue weighted by atomic mass is 16.2. The molecule has 1 fully saturated rings. The normalized spacial score (nSPS) is 19.9. The van der Waals surface area contributed by atoms with E-state index in [1.165, 1.54) is 0 Å². The van der Waals surface area contributed by atoms with Gasteiger partial charge in [-0.3, -0.25) is 9.69 Å². The molecule has 2 N–H and O–H groups in total. The number of piperidine rings is 1. The number of rotatable bonds is 4. The van der Waals surface area contributed by atoms with E-state index >= 15 is 0 Å². The fourth-order valence-corrected chi connectivity index (χ4v) is 2.61. The number of hydrogen-bond acceptors (Lipinski definition) is 3. The van der Waals surface area contributed by atoms with Gasteiger partial charge in [-0.15, -0.1) is 0 Å². The molecule has 0 radical (unpaired) electrons. The summed E-state index contributed by atoms with van der Waals surface area (Å²) in [6.45, 7) is 13.3. The summed E-state index contributed by atoms with van der Waals surface area (Å²) in [5.74, 6) is 0.142. The number of amides is 1. The summed E-state index contributed by atoms with van der Waals surface area (Å²) in [6, 6.07) is 0.495. The summed E-state index contributed by atoms with van der Waals surface area (Å²) in [4.78, 5) is 14.6. The van der Waals surface area contributed by atoms with Crippen molar-refractivity contribution in [3.8, 4) is 0 Å². The summed E-state index contributed by atoms with van der Waals surface area (Å²) in [5, 5.41) is 6.45. The SMILES string of the molecule is CCN(C1CCNCC1)C(C)C(=O)NC(C)(C)C. The van der Waals surface area contributed by atoms with Crippen LogP contribution in [0.15, 0.2) is 0 Å². The minimum atomic E-state index is -0.154. The fourth-order valence-electron chi connectivity index (χ4n) is 2.61. The van der Waals surface area contributed by atoms with Crippen molar-refractivity contribution in [1.82, 2.24) is 15.5 Å². The van der Waals surface area contributed by atoms with E-state index < -0.39 is 0 Å². The molecular formula is C14H29N3O. The van der Waals surface area contributed by atoms with Crippen molar-refractivity contribution in [1.29, 1.82) is 0 Å². The maximum atomic E-state index is 12.2. The molecule has 0 saturated carbocycles. The summed E-state index contributed by atoms with van der Waals surface area (Å²) in [7, 11) is 0. The van der Waals surface area contributed by atoms with E-state index in [2.05, 4.69) is 22.5 Å². The van der Waals surface area contributed by atoms with Crippen molar-refractivity contribution in [2.45, 2.75) is 65.1 Å². The number of hydrogen-bond donors (Lipinski definition) is 2. The summed E-state index contributed by atoms with van der Waals surface area (Å²) in [5.41, 5.74) is -0.154. The molecule has 106 valence electrons. The van der Waals surface area contributed by atoms with Gasteiger partial charge in [0, 0.05) is 11.6 Å². The van der Waals surface area contributed by atoms with Crippen LogP contribution in [0, 0.1) is 0 Å². The second-order valence-corrected chi connectivity index (χ2v) is 6.23. The van der Waals surface area contributed by atoms with Crippen LogP contribution in [-0.4, -0.2) is 48.1 Å². The Hall–Kier alpha value is -0.610. The summed E-state index contributed by atoms with van der Waals surface area (Å²) < 4.78 is 0. The summed E-state index contributed by atoms with van der Waals surface area (Å²) in [6.07, 6.45) is 2.28. The van der Waals surface area contributed by atoms with E-state index in [0.29, 0.717) is 6.04 Å². The second kappa shape index (κ2) is 6.53. The molecule has 4 heteroatoms. The van der Waals surface area contributed by atoms with E-state index in [1.54, 1.807) is 0 Å². The molecule has 4 nitrogen and oxygen atoms in total. The molecule has 0 bridgehead atoms. The Morgan fingerprint density at radius 2 is 1.94 bits per heavy atom. The average Bonchev–Trinajstić information content (AvgIpc) is 2.29. The van der Waals surface area contributed by atoms with Gasteiger partial charge in [0.25, 0.3) is 0 Å². The second-order valence-electron chi connectivity index (χ2n) is 6.23. The third-order valence-corrected chi connectivity index (χ3v) is 3.52. The maximum absolute atomic E-state index is 12.2. The van der Waals surface area contributed by atoms with Crippen LogP contribution in [0.1, 0.15) is 47.5 Å². The van der Waals surface area contributed by atoms with Crippen molar-refractivity contribution in [2.24, 2.45) is 0 Å². The van der Waals surface area contributed by atoms with Gasteiger partial charge in [0.1, 0.15) is 0 Å². The minimum absolute atomic E-state index is 0.0441. The number of likely N-dealkylation sites (N-methyl/N-ethyl adjacent to an activating group) is 1. The van der Waals surface area contributed by atoms with Crippen LogP contribution in [0.25, 0.3) is 0 Å². The van der Waals surface area contributed by atoms with E-state index in [0.717, 1.165) is 32.5 Å². The molecule has 0 aromatic carbocycles. The van der Waals surface area contributed by atoms with Crippen LogP contribution in [-0.2, 0) is 4.79 Å². The Morgan fingerprint density at radius 1 is 1.39 bits per heavy atom. The van der Waals surface area contributed by atoms with Crippen LogP contribution in [0.5, 0.6) is 0 Å². The highest BCUT2D eigenvalue weighted by Gasteiger charge is 2.29. The van der Waals surface area contributed by atoms with Crippen molar-refractivity contribution in [3.63, 3.8) is 0 Å². The Balaban J connectivity index is 2.60. The topological polar surface area (TPSA) is 44.4 Å². The molecule has 18 heavy (non-hydrogen) atoms. The van der Waals surface area contributed by atoms with Gasteiger partial charge < -0.3 is 10.6 Å². The molecule has 0 spiro atoms. The first kappa shape index (κ1) is 15.4. The van der Waals surface area contributed by atoms with E-state index in [9.17, 15) is 4.79 Å². The Bertz CT molecular complexity index is 267. The van der Waals surface area contributed by atoms with E-state index in [4.69, 9.17) is 0 Å². The zero-order valence-electron chi connectivity index (χ0n) is 12.5. The Morgan fingerprint density at radius 3 is 2.39 bits per heavy atom. The van der Waals surface area contributed by atoms with Crippen LogP contribution >= 0.6 is 0 Å². The van der Waals surface area contributed by atoms with Crippen molar-refractivity contribution >= 4 is 5.91 Å². The number of nitrogens with zero attached hydrogens (tertiary/aromatic N) is 1. The highest BCUT2D eigenvalue weighted by molar-refractivity contribution is 5.82. The lowest BCUT2D eigenvalue weighted by molar-refractivity contribution is -0.128. The van der Waals surface area contributed by atoms with Gasteiger partial charge in [-0.2, -0.15) is 0 Å². The first-order valence-corrected chi connectivity index (χ1v) is 7.13. The zero-order chi connectivity index (χ0) is 13.8. The molecule has 1 heterocycles. The molecule has 1 atom stereocenters. The lowest BCUT2D eigenvalue weighted by Gasteiger charge is -2.38. The first-order chi connectivity index (χ1) is 8.35. The minimum Gasteiger partial charge on any atom is -0.350 e. The lowest BCUT2D eigenvalue weighted by Crippen LogP contribution is -2.55. The Kier molecular flexibility index (Phi) is 5.60. The predicted octanol–water partition coefficient (Wildman–Crippen LogP) is 1.36. The Labute approximate surface area is 111 Å². The molecule has 0 aromatic heterocycles. The van der Waals surface area contributed by atoms with Crippen molar-refractivity contribution in [3.05, 3.63) is 0 Å². The number of nitrogens with one attached hydrogen (secondary N) is 2. The highest BCUT2D eigenvalue weighted by Crippen LogP contribution is 2.15. The number of carbonyl (C=O) groups excluding carboxylic acids is 1. The molecule has 1 saturated heterocycles. The smallest absolute Gasteiger partial charge is 0.237 e. The standard InChI is InChI=1S/C14H29N3O/c1-6-17(12-7-9-15-10-8-12)11(2)13(18)16-14(3,4)5/h11-12,15H,6-10H2,1-5H3,(H,16,18). The van der Waals surface area contributed by atoms with Gasteiger partial charge in [-0.25, -0.2) is 0 Å². The van der Waals surface area contributed by atoms with Gasteiger partial charge in [0.05, 0.1) is 6.04 Å². The molecule has 0 aliphatic carbocycles. The van der Waals surface area contributed by atoms with Crippen LogP contribution in [0.3, 0.4) is 0 Å². The molecule has 1 unspecified atom stereocenters. The van der Waals surface area contributed by atoms with Crippen LogP contribution in [0.4, 0.5) is 0 Å². The maximum Gasteiger partial charge on any atom is 0.237 e. The van der Waals surface area contributed by atoms with Gasteiger partial charge >= 0.3 is 0 Å². The van der Waals surface area contributed by atoms with Gasteiger partial charge in [0.2, 0.25) is 5.91 Å². The lowest BCUT2D eigenvalue weighted by atomic mass is 10.0. The van der Waals surface area contributed by atoms with Crippen molar-refractivity contribution < 1.29 is 4.79 Å². The predicted molar refractivity (Wildman–Crippen MR) is 75.6 cm³/mol. The molecule has 1 aliphatic rings. The summed E-state index contributed by atoms with van der Waals surface area (Å²) >= 11 is 0. The number of carbonyl (C=O) groups is 1. The van der Waals surface area contributed by atoms with Gasteiger partial charge in [-0.05, 0) is 60.2 Å². The van der Waals surface area contributed by atoms with Crippen molar-refractivity contribution in [2.75, 3.05) is 19.6 Å². The molecule has 1 aliphatic heterocycles. The molecule has 1 amide bonds. The van der Waals surface area contributed by atoms with Crippen LogP contribution < -0.4 is 10.6 Å². The molecular weight excluding hydrogens is 226 g/mol. The zero-order valence-corrected chi connectivity index (χ0v) is 12.5. The molecule has 1 rings (SSSR count). The molecule has 0 aromatic rings. The van der Waals surface area contributed by atoms with Gasteiger partial charge in [-0.1, -0.05) is 6.92 Å². The van der Waals surface area contributed by atoms with E-state index in [1.807, 2.05) is 27.7 Å². The average molecular weight is 255 g/mol. The monoisotopic (exact) mass is 255 g/mol. The van der Waals surface area contributed by atoms with Gasteiger partial charge in [0.15, 0.2) is 0 Å². The first-order valence-electron chi connectivity index (χ1n) is 7.13. The fraction of sp³-hybridized carbons (Fsp3) is 0.929. The third kappa shape index (κ3) is 4.58. The largest absolute Gasteiger partial charge is 0.350 e. The van der Waals surface area contributed by atoms with E-state index in [-0.39, 0.29) is 17.5 Å². The van der Waals surface area contributed by atoms with Crippen LogP contribution in [0.2, 0.25) is 0 Å². The third-order valence-electron chi connectivity index (χ3n) is 3.52.